The van der Waals surface area contributed by atoms with Crippen molar-refractivity contribution < 1.29 is 9.50 Å². The van der Waals surface area contributed by atoms with Crippen LogP contribution in [0.2, 0.25) is 5.02 Å². The minimum atomic E-state index is -0.434. The zero-order chi connectivity index (χ0) is 11.0. The number of aliphatic hydroxyl groups is 1. The van der Waals surface area contributed by atoms with Crippen LogP contribution in [0.3, 0.4) is 0 Å². The van der Waals surface area contributed by atoms with E-state index < -0.39 is 11.9 Å². The van der Waals surface area contributed by atoms with E-state index in [1.165, 1.54) is 0 Å². The molecule has 1 fully saturated rings. The van der Waals surface area contributed by atoms with Gasteiger partial charge in [0.05, 0.1) is 11.1 Å². The molecular weight excluding hydrogens is 282 g/mol. The van der Waals surface area contributed by atoms with E-state index in [4.69, 9.17) is 11.6 Å². The summed E-state index contributed by atoms with van der Waals surface area (Å²) in [6.45, 7) is 0. The average molecular weight is 294 g/mol. The Labute approximate surface area is 101 Å². The molecule has 4 heteroatoms. The Hall–Kier alpha value is -0.120. The number of aliphatic hydroxyl groups excluding tert-OH is 1. The molecule has 0 spiro atoms. The largest absolute Gasteiger partial charge is 0.392 e. The van der Waals surface area contributed by atoms with Crippen LogP contribution >= 0.6 is 27.5 Å². The van der Waals surface area contributed by atoms with Crippen molar-refractivity contribution in [2.75, 3.05) is 0 Å². The molecule has 2 unspecified atom stereocenters. The van der Waals surface area contributed by atoms with Crippen LogP contribution in [0.25, 0.3) is 0 Å². The lowest BCUT2D eigenvalue weighted by molar-refractivity contribution is 0.162. The molecule has 0 saturated heterocycles. The lowest BCUT2D eigenvalue weighted by Gasteiger charge is -2.16. The Bertz CT molecular complexity index is 383. The van der Waals surface area contributed by atoms with Gasteiger partial charge in [0.1, 0.15) is 5.82 Å². The topological polar surface area (TPSA) is 20.2 Å². The summed E-state index contributed by atoms with van der Waals surface area (Å²) >= 11 is 8.97. The Kier molecular flexibility index (Phi) is 3.33. The highest BCUT2D eigenvalue weighted by molar-refractivity contribution is 9.10. The molecule has 2 rings (SSSR count). The van der Waals surface area contributed by atoms with Crippen molar-refractivity contribution >= 4 is 27.5 Å². The summed E-state index contributed by atoms with van der Waals surface area (Å²) in [5.41, 5.74) is 0.535. The quantitative estimate of drug-likeness (QED) is 0.779. The molecule has 0 aliphatic heterocycles. The monoisotopic (exact) mass is 292 g/mol. The zero-order valence-corrected chi connectivity index (χ0v) is 10.4. The molecule has 0 bridgehead atoms. The highest BCUT2D eigenvalue weighted by Crippen LogP contribution is 2.39. The molecule has 1 N–H and O–H groups in total. The molecule has 1 aliphatic rings. The van der Waals surface area contributed by atoms with Crippen LogP contribution in [0.1, 0.15) is 30.7 Å². The smallest absolute Gasteiger partial charge is 0.146 e. The first kappa shape index (κ1) is 11.4. The van der Waals surface area contributed by atoms with Crippen LogP contribution < -0.4 is 0 Å². The molecule has 2 atom stereocenters. The molecule has 15 heavy (non-hydrogen) atoms. The van der Waals surface area contributed by atoms with Crippen molar-refractivity contribution in [3.8, 4) is 0 Å². The van der Waals surface area contributed by atoms with Gasteiger partial charge in [-0.1, -0.05) is 24.1 Å². The predicted molar refractivity (Wildman–Crippen MR) is 61.7 cm³/mol. The molecule has 1 aromatic carbocycles. The van der Waals surface area contributed by atoms with Gasteiger partial charge in [0.25, 0.3) is 0 Å². The molecule has 1 saturated carbocycles. The second-order valence-corrected chi connectivity index (χ2v) is 5.10. The van der Waals surface area contributed by atoms with Gasteiger partial charge in [-0.15, -0.1) is 0 Å². The second-order valence-electron chi connectivity index (χ2n) is 3.87. The first-order chi connectivity index (χ1) is 7.11. The van der Waals surface area contributed by atoms with E-state index in [1.807, 2.05) is 0 Å². The summed E-state index contributed by atoms with van der Waals surface area (Å²) in [5.74, 6) is -0.507. The second kappa shape index (κ2) is 4.40. The van der Waals surface area contributed by atoms with Crippen LogP contribution in [0.5, 0.6) is 0 Å². The number of hydrogen-bond acceptors (Lipinski definition) is 1. The fourth-order valence-electron chi connectivity index (χ4n) is 2.13. The van der Waals surface area contributed by atoms with Gasteiger partial charge in [0, 0.05) is 10.4 Å². The molecule has 0 aromatic heterocycles. The lowest BCUT2D eigenvalue weighted by Crippen LogP contribution is -2.12. The maximum absolute atomic E-state index is 13.8. The van der Waals surface area contributed by atoms with Crippen molar-refractivity contribution in [1.29, 1.82) is 0 Å². The summed E-state index contributed by atoms with van der Waals surface area (Å²) in [5, 5.41) is 9.81. The third-order valence-corrected chi connectivity index (χ3v) is 4.20. The number of halogens is 3. The van der Waals surface area contributed by atoms with Gasteiger partial charge in [-0.3, -0.25) is 0 Å². The Balaban J connectivity index is 2.40. The maximum atomic E-state index is 13.8. The third kappa shape index (κ3) is 2.05. The number of rotatable bonds is 1. The Morgan fingerprint density at radius 1 is 1.40 bits per heavy atom. The highest BCUT2D eigenvalue weighted by atomic mass is 79.9. The normalized spacial score (nSPS) is 25.9. The molecule has 0 amide bonds. The summed E-state index contributed by atoms with van der Waals surface area (Å²) in [4.78, 5) is 0. The summed E-state index contributed by atoms with van der Waals surface area (Å²) in [7, 11) is 0. The molecule has 82 valence electrons. The van der Waals surface area contributed by atoms with Crippen LogP contribution in [-0.2, 0) is 0 Å². The van der Waals surface area contributed by atoms with Crippen LogP contribution in [-0.4, -0.2) is 11.2 Å². The van der Waals surface area contributed by atoms with Gasteiger partial charge in [-0.05, 0) is 40.4 Å². The highest BCUT2D eigenvalue weighted by Gasteiger charge is 2.29. The molecule has 1 aliphatic carbocycles. The van der Waals surface area contributed by atoms with Crippen LogP contribution in [0.4, 0.5) is 4.39 Å². The summed E-state index contributed by atoms with van der Waals surface area (Å²) in [6, 6.07) is 3.43. The van der Waals surface area contributed by atoms with E-state index in [0.29, 0.717) is 10.0 Å². The van der Waals surface area contributed by atoms with E-state index in [1.54, 1.807) is 12.1 Å². The van der Waals surface area contributed by atoms with Crippen LogP contribution in [0, 0.1) is 5.82 Å². The van der Waals surface area contributed by atoms with E-state index >= 15 is 0 Å². The minimum Gasteiger partial charge on any atom is -0.392 e. The third-order valence-electron chi connectivity index (χ3n) is 2.94. The summed E-state index contributed by atoms with van der Waals surface area (Å²) < 4.78 is 14.4. The molecule has 1 aromatic rings. The van der Waals surface area contributed by atoms with Gasteiger partial charge < -0.3 is 5.11 Å². The van der Waals surface area contributed by atoms with Gasteiger partial charge in [-0.2, -0.15) is 0 Å². The molecule has 1 nitrogen and oxygen atoms in total. The van der Waals surface area contributed by atoms with Gasteiger partial charge >= 0.3 is 0 Å². The maximum Gasteiger partial charge on any atom is 0.146 e. The predicted octanol–water partition coefficient (Wildman–Crippen LogP) is 3.87. The summed E-state index contributed by atoms with van der Waals surface area (Å²) in [6.07, 6.45) is 2.09. The fourth-order valence-corrected chi connectivity index (χ4v) is 2.61. The number of hydrogen-bond donors (Lipinski definition) is 1. The lowest BCUT2D eigenvalue weighted by atomic mass is 9.95. The first-order valence-corrected chi connectivity index (χ1v) is 6.10. The Morgan fingerprint density at radius 3 is 2.73 bits per heavy atom. The van der Waals surface area contributed by atoms with Gasteiger partial charge in [0.2, 0.25) is 0 Å². The van der Waals surface area contributed by atoms with Gasteiger partial charge in [-0.25, -0.2) is 4.39 Å². The van der Waals surface area contributed by atoms with Crippen molar-refractivity contribution in [2.24, 2.45) is 0 Å². The first-order valence-electron chi connectivity index (χ1n) is 4.92. The van der Waals surface area contributed by atoms with E-state index in [9.17, 15) is 9.50 Å². The number of benzene rings is 1. The van der Waals surface area contributed by atoms with E-state index in [-0.39, 0.29) is 10.9 Å². The van der Waals surface area contributed by atoms with Crippen molar-refractivity contribution in [2.45, 2.75) is 31.3 Å². The minimum absolute atomic E-state index is 0.101. The molecule has 0 radical (unpaired) electrons. The zero-order valence-electron chi connectivity index (χ0n) is 8.01. The average Bonchev–Trinajstić information content (AvgIpc) is 2.62. The van der Waals surface area contributed by atoms with E-state index in [2.05, 4.69) is 15.9 Å². The SMILES string of the molecule is OC1CCCC1c1ccc(Br)c(Cl)c1F. The van der Waals surface area contributed by atoms with Crippen molar-refractivity contribution in [3.63, 3.8) is 0 Å². The van der Waals surface area contributed by atoms with Gasteiger partial charge in [0.15, 0.2) is 0 Å². The molecular formula is C11H11BrClFO. The van der Waals surface area contributed by atoms with E-state index in [0.717, 1.165) is 19.3 Å². The fraction of sp³-hybridized carbons (Fsp3) is 0.455. The van der Waals surface area contributed by atoms with Crippen molar-refractivity contribution in [3.05, 3.63) is 33.0 Å². The standard InChI is InChI=1S/C11H11BrClFO/c12-8-5-4-7(11(14)10(8)13)6-2-1-3-9(6)15/h4-6,9,15H,1-3H2. The molecule has 0 heterocycles. The van der Waals surface area contributed by atoms with Crippen LogP contribution in [0.15, 0.2) is 16.6 Å². The Morgan fingerprint density at radius 2 is 2.13 bits per heavy atom. The van der Waals surface area contributed by atoms with Crippen molar-refractivity contribution in [1.82, 2.24) is 0 Å².